The fourth-order valence-corrected chi connectivity index (χ4v) is 2.28. The summed E-state index contributed by atoms with van der Waals surface area (Å²) >= 11 is 0. The second kappa shape index (κ2) is 5.41. The Bertz CT molecular complexity index is 569. The molecule has 0 unspecified atom stereocenters. The molecule has 108 valence electrons. The molecular formula is C10H9F5O3S. The largest absolute Gasteiger partial charge is 0.303 e. The molecule has 0 saturated heterocycles. The summed E-state index contributed by atoms with van der Waals surface area (Å²) in [5.74, 6) is -12.3. The van der Waals surface area contributed by atoms with Crippen LogP contribution < -0.4 is 0 Å². The van der Waals surface area contributed by atoms with Crippen molar-refractivity contribution in [3.05, 3.63) is 29.1 Å². The predicted octanol–water partition coefficient (Wildman–Crippen LogP) is 2.74. The molecule has 0 aliphatic carbocycles. The minimum Gasteiger partial charge on any atom is -0.266 e. The minimum absolute atomic E-state index is 0.323. The highest BCUT2D eigenvalue weighted by molar-refractivity contribution is 7.86. The van der Waals surface area contributed by atoms with Gasteiger partial charge >= 0.3 is 10.1 Å². The fourth-order valence-electron chi connectivity index (χ4n) is 1.09. The number of hydrogen-bond donors (Lipinski definition) is 0. The molecule has 0 heterocycles. The molecule has 0 aromatic heterocycles. The normalized spacial score (nSPS) is 12.2. The Labute approximate surface area is 106 Å². The van der Waals surface area contributed by atoms with Gasteiger partial charge in [0.25, 0.3) is 0 Å². The first kappa shape index (κ1) is 15.8. The van der Waals surface area contributed by atoms with Crippen LogP contribution >= 0.6 is 0 Å². The average molecular weight is 304 g/mol. The first-order valence-electron chi connectivity index (χ1n) is 5.00. The summed E-state index contributed by atoms with van der Waals surface area (Å²) in [4.78, 5) is -1.98. The number of rotatable bonds is 4. The smallest absolute Gasteiger partial charge is 0.266 e. The van der Waals surface area contributed by atoms with Crippen LogP contribution in [0.5, 0.6) is 0 Å². The fraction of sp³-hybridized carbons (Fsp3) is 0.400. The van der Waals surface area contributed by atoms with Crippen molar-refractivity contribution in [2.45, 2.75) is 18.7 Å². The molecule has 0 bridgehead atoms. The molecule has 0 fully saturated rings. The molecule has 0 atom stereocenters. The van der Waals surface area contributed by atoms with E-state index in [-0.39, 0.29) is 5.92 Å². The van der Waals surface area contributed by atoms with Gasteiger partial charge in [-0.3, -0.25) is 4.18 Å². The molecule has 0 aliphatic rings. The second-order valence-electron chi connectivity index (χ2n) is 4.03. The van der Waals surface area contributed by atoms with Gasteiger partial charge in [-0.15, -0.1) is 0 Å². The van der Waals surface area contributed by atoms with E-state index in [4.69, 9.17) is 0 Å². The molecule has 1 aromatic carbocycles. The maximum Gasteiger partial charge on any atom is 0.303 e. The lowest BCUT2D eigenvalue weighted by Gasteiger charge is -2.10. The SMILES string of the molecule is CC(C)COS(=O)(=O)c1c(F)c(F)c(F)c(F)c1F. The number of benzene rings is 1. The highest BCUT2D eigenvalue weighted by Gasteiger charge is 2.34. The zero-order chi connectivity index (χ0) is 15.0. The zero-order valence-electron chi connectivity index (χ0n) is 9.81. The maximum absolute atomic E-state index is 13.2. The summed E-state index contributed by atoms with van der Waals surface area (Å²) in [7, 11) is -5.08. The molecule has 0 N–H and O–H groups in total. The van der Waals surface area contributed by atoms with E-state index in [9.17, 15) is 30.4 Å². The summed E-state index contributed by atoms with van der Waals surface area (Å²) in [6, 6.07) is 0. The molecule has 0 spiro atoms. The van der Waals surface area contributed by atoms with Crippen molar-refractivity contribution >= 4 is 10.1 Å². The molecule has 0 saturated carbocycles. The maximum atomic E-state index is 13.2. The molecular weight excluding hydrogens is 295 g/mol. The molecule has 1 rings (SSSR count). The Hall–Kier alpha value is -1.22. The molecule has 0 amide bonds. The van der Waals surface area contributed by atoms with E-state index in [0.29, 0.717) is 0 Å². The lowest BCUT2D eigenvalue weighted by Crippen LogP contribution is -2.17. The standard InChI is InChI=1S/C10H9F5O3S/c1-4(2)3-18-19(16,17)10-8(14)6(12)5(11)7(13)9(10)15/h4H,3H2,1-2H3. The van der Waals surface area contributed by atoms with E-state index in [1.807, 2.05) is 0 Å². The van der Waals surface area contributed by atoms with Gasteiger partial charge in [0.15, 0.2) is 28.2 Å². The minimum atomic E-state index is -5.08. The van der Waals surface area contributed by atoms with Crippen LogP contribution in [0.15, 0.2) is 4.90 Å². The highest BCUT2D eigenvalue weighted by atomic mass is 32.2. The van der Waals surface area contributed by atoms with Crippen molar-refractivity contribution in [2.24, 2.45) is 5.92 Å². The lowest BCUT2D eigenvalue weighted by molar-refractivity contribution is 0.268. The van der Waals surface area contributed by atoms with Gasteiger partial charge in [0.05, 0.1) is 6.61 Å². The summed E-state index contributed by atoms with van der Waals surface area (Å²) < 4.78 is 92.0. The monoisotopic (exact) mass is 304 g/mol. The van der Waals surface area contributed by atoms with Crippen LogP contribution in [0.25, 0.3) is 0 Å². The predicted molar refractivity (Wildman–Crippen MR) is 54.2 cm³/mol. The van der Waals surface area contributed by atoms with Crippen molar-refractivity contribution in [3.8, 4) is 0 Å². The molecule has 9 heteroatoms. The Kier molecular flexibility index (Phi) is 4.51. The third kappa shape index (κ3) is 3.03. The van der Waals surface area contributed by atoms with E-state index < -0.39 is 50.7 Å². The third-order valence-electron chi connectivity index (χ3n) is 1.98. The number of halogens is 5. The topological polar surface area (TPSA) is 43.4 Å². The van der Waals surface area contributed by atoms with Gasteiger partial charge in [-0.05, 0) is 5.92 Å². The Morgan fingerprint density at radius 3 is 1.63 bits per heavy atom. The van der Waals surface area contributed by atoms with Crippen LogP contribution in [0.2, 0.25) is 0 Å². The van der Waals surface area contributed by atoms with Crippen molar-refractivity contribution in [1.29, 1.82) is 0 Å². The van der Waals surface area contributed by atoms with Crippen LogP contribution in [0.3, 0.4) is 0 Å². The highest BCUT2D eigenvalue weighted by Crippen LogP contribution is 2.27. The molecule has 1 aromatic rings. The van der Waals surface area contributed by atoms with Crippen molar-refractivity contribution in [3.63, 3.8) is 0 Å². The van der Waals surface area contributed by atoms with Gasteiger partial charge in [0, 0.05) is 0 Å². The summed E-state index contributed by atoms with van der Waals surface area (Å²) in [6.45, 7) is 2.62. The van der Waals surface area contributed by atoms with Gasteiger partial charge in [0.1, 0.15) is 0 Å². The van der Waals surface area contributed by atoms with E-state index in [2.05, 4.69) is 4.18 Å². The van der Waals surface area contributed by atoms with Gasteiger partial charge in [-0.1, -0.05) is 13.8 Å². The van der Waals surface area contributed by atoms with E-state index in [0.717, 1.165) is 0 Å². The molecule has 0 radical (unpaired) electrons. The molecule has 3 nitrogen and oxygen atoms in total. The van der Waals surface area contributed by atoms with Gasteiger partial charge in [-0.2, -0.15) is 8.42 Å². The Morgan fingerprint density at radius 2 is 1.26 bits per heavy atom. The Morgan fingerprint density at radius 1 is 0.895 bits per heavy atom. The zero-order valence-corrected chi connectivity index (χ0v) is 10.6. The number of hydrogen-bond acceptors (Lipinski definition) is 3. The van der Waals surface area contributed by atoms with Crippen LogP contribution in [0, 0.1) is 35.0 Å². The van der Waals surface area contributed by atoms with Crippen LogP contribution in [-0.4, -0.2) is 15.0 Å². The van der Waals surface area contributed by atoms with Crippen molar-refractivity contribution < 1.29 is 34.6 Å². The van der Waals surface area contributed by atoms with Gasteiger partial charge < -0.3 is 0 Å². The average Bonchev–Trinajstić information content (AvgIpc) is 2.31. The van der Waals surface area contributed by atoms with Crippen LogP contribution in [-0.2, 0) is 14.3 Å². The second-order valence-corrected chi connectivity index (χ2v) is 5.58. The Balaban J connectivity index is 3.43. The van der Waals surface area contributed by atoms with Crippen molar-refractivity contribution in [2.75, 3.05) is 6.61 Å². The first-order valence-corrected chi connectivity index (χ1v) is 6.41. The van der Waals surface area contributed by atoms with Gasteiger partial charge in [-0.25, -0.2) is 22.0 Å². The first-order chi connectivity index (χ1) is 8.59. The van der Waals surface area contributed by atoms with Crippen LogP contribution in [0.4, 0.5) is 22.0 Å². The quantitative estimate of drug-likeness (QED) is 0.372. The summed E-state index contributed by atoms with van der Waals surface area (Å²) in [6.07, 6.45) is 0. The van der Waals surface area contributed by atoms with Crippen molar-refractivity contribution in [1.82, 2.24) is 0 Å². The van der Waals surface area contributed by atoms with E-state index in [1.165, 1.54) is 13.8 Å². The van der Waals surface area contributed by atoms with Gasteiger partial charge in [0.2, 0.25) is 5.82 Å². The van der Waals surface area contributed by atoms with E-state index >= 15 is 0 Å². The summed E-state index contributed by atoms with van der Waals surface area (Å²) in [5, 5.41) is 0. The van der Waals surface area contributed by atoms with E-state index in [1.54, 1.807) is 0 Å². The third-order valence-corrected chi connectivity index (χ3v) is 3.28. The molecule has 0 aliphatic heterocycles. The lowest BCUT2D eigenvalue weighted by atomic mass is 10.2. The molecule has 19 heavy (non-hydrogen) atoms. The van der Waals surface area contributed by atoms with Crippen LogP contribution in [0.1, 0.15) is 13.8 Å². The summed E-state index contributed by atoms with van der Waals surface area (Å²) in [5.41, 5.74) is 0.